The van der Waals surface area contributed by atoms with E-state index >= 15 is 0 Å². The van der Waals surface area contributed by atoms with Gasteiger partial charge in [-0.3, -0.25) is 4.79 Å². The van der Waals surface area contributed by atoms with Crippen LogP contribution in [0.3, 0.4) is 0 Å². The molecule has 0 aliphatic carbocycles. The number of carbonyl (C=O) groups excluding carboxylic acids is 1. The van der Waals surface area contributed by atoms with Crippen molar-refractivity contribution in [3.05, 3.63) is 70.3 Å². The first kappa shape index (κ1) is 18.2. The molecule has 1 amide bonds. The van der Waals surface area contributed by atoms with E-state index in [0.29, 0.717) is 5.69 Å². The number of aliphatic hydroxyl groups excluding tert-OH is 1. The van der Waals surface area contributed by atoms with E-state index in [-0.39, 0.29) is 6.42 Å². The van der Waals surface area contributed by atoms with Crippen molar-refractivity contribution in [3.8, 4) is 0 Å². The number of aliphatic carboxylic acids is 1. The van der Waals surface area contributed by atoms with E-state index in [1.54, 1.807) is 6.07 Å². The highest BCUT2D eigenvalue weighted by atomic mass is 79.9. The minimum atomic E-state index is -1.71. The summed E-state index contributed by atoms with van der Waals surface area (Å²) >= 11 is 3.38. The Bertz CT molecular complexity index is 939. The Morgan fingerprint density at radius 1 is 1.12 bits per heavy atom. The zero-order chi connectivity index (χ0) is 18.7. The second-order valence-electron chi connectivity index (χ2n) is 5.97. The van der Waals surface area contributed by atoms with E-state index in [9.17, 15) is 14.7 Å². The zero-order valence-corrected chi connectivity index (χ0v) is 15.2. The second kappa shape index (κ2) is 7.72. The number of nitrogens with one attached hydrogen (secondary N) is 2. The number of amides is 1. The van der Waals surface area contributed by atoms with Crippen LogP contribution < -0.4 is 5.32 Å². The van der Waals surface area contributed by atoms with Gasteiger partial charge in [-0.05, 0) is 36.2 Å². The van der Waals surface area contributed by atoms with Crippen molar-refractivity contribution < 1.29 is 19.8 Å². The van der Waals surface area contributed by atoms with Crippen molar-refractivity contribution in [2.24, 2.45) is 0 Å². The summed E-state index contributed by atoms with van der Waals surface area (Å²) in [4.78, 5) is 26.8. The van der Waals surface area contributed by atoms with Crippen LogP contribution >= 0.6 is 15.9 Å². The summed E-state index contributed by atoms with van der Waals surface area (Å²) in [5.41, 5.74) is 1.91. The molecule has 7 heteroatoms. The van der Waals surface area contributed by atoms with E-state index in [1.165, 1.54) is 0 Å². The number of halogens is 1. The van der Waals surface area contributed by atoms with Crippen molar-refractivity contribution in [2.75, 3.05) is 0 Å². The maximum Gasteiger partial charge on any atom is 0.334 e. The Morgan fingerprint density at radius 2 is 1.85 bits per heavy atom. The predicted molar refractivity (Wildman–Crippen MR) is 101 cm³/mol. The van der Waals surface area contributed by atoms with Crippen LogP contribution in [0.5, 0.6) is 0 Å². The molecule has 1 aromatic heterocycles. The SMILES string of the molecule is O=C(NC(Cc1ccccc1)C(O)C(=O)O)c1cc2cc(Br)ccc2[nH]1. The molecular formula is C19H17BrN2O4. The van der Waals surface area contributed by atoms with Gasteiger partial charge in [0.15, 0.2) is 6.10 Å². The zero-order valence-electron chi connectivity index (χ0n) is 13.6. The quantitative estimate of drug-likeness (QED) is 0.495. The largest absolute Gasteiger partial charge is 0.479 e. The summed E-state index contributed by atoms with van der Waals surface area (Å²) in [6.45, 7) is 0. The van der Waals surface area contributed by atoms with Gasteiger partial charge in [-0.2, -0.15) is 0 Å². The van der Waals surface area contributed by atoms with Gasteiger partial charge in [0.05, 0.1) is 6.04 Å². The Kier molecular flexibility index (Phi) is 5.39. The molecular weight excluding hydrogens is 400 g/mol. The van der Waals surface area contributed by atoms with Gasteiger partial charge in [-0.1, -0.05) is 46.3 Å². The van der Waals surface area contributed by atoms with E-state index in [2.05, 4.69) is 26.2 Å². The number of aromatic amines is 1. The highest BCUT2D eigenvalue weighted by Crippen LogP contribution is 2.20. The second-order valence-corrected chi connectivity index (χ2v) is 6.88. The van der Waals surface area contributed by atoms with Crippen LogP contribution in [-0.4, -0.2) is 39.2 Å². The van der Waals surface area contributed by atoms with Crippen molar-refractivity contribution in [1.82, 2.24) is 10.3 Å². The van der Waals surface area contributed by atoms with Crippen molar-refractivity contribution >= 4 is 38.7 Å². The van der Waals surface area contributed by atoms with Crippen LogP contribution in [0.4, 0.5) is 0 Å². The van der Waals surface area contributed by atoms with Gasteiger partial charge in [0, 0.05) is 15.4 Å². The van der Waals surface area contributed by atoms with Crippen LogP contribution in [0, 0.1) is 0 Å². The first-order chi connectivity index (χ1) is 12.4. The number of carboxylic acids is 1. The maximum atomic E-state index is 12.6. The lowest BCUT2D eigenvalue weighted by Gasteiger charge is -2.21. The van der Waals surface area contributed by atoms with Crippen molar-refractivity contribution in [1.29, 1.82) is 0 Å². The molecule has 3 aromatic rings. The number of rotatable bonds is 6. The first-order valence-corrected chi connectivity index (χ1v) is 8.77. The van der Waals surface area contributed by atoms with E-state index in [1.807, 2.05) is 48.5 Å². The topological polar surface area (TPSA) is 102 Å². The number of H-pyrrole nitrogens is 1. The normalized spacial score (nSPS) is 13.3. The smallest absolute Gasteiger partial charge is 0.334 e. The summed E-state index contributed by atoms with van der Waals surface area (Å²) < 4.78 is 0.888. The number of aromatic nitrogens is 1. The molecule has 2 atom stereocenters. The summed E-state index contributed by atoms with van der Waals surface area (Å²) in [6.07, 6.45) is -1.51. The summed E-state index contributed by atoms with van der Waals surface area (Å²) in [6, 6.07) is 15.4. The average molecular weight is 417 g/mol. The third-order valence-corrected chi connectivity index (χ3v) is 4.57. The van der Waals surface area contributed by atoms with Gasteiger partial charge in [-0.15, -0.1) is 0 Å². The van der Waals surface area contributed by atoms with Crippen LogP contribution in [0.1, 0.15) is 16.1 Å². The Morgan fingerprint density at radius 3 is 2.54 bits per heavy atom. The highest BCUT2D eigenvalue weighted by molar-refractivity contribution is 9.10. The molecule has 0 bridgehead atoms. The van der Waals surface area contributed by atoms with Crippen molar-refractivity contribution in [3.63, 3.8) is 0 Å². The number of carbonyl (C=O) groups is 2. The summed E-state index contributed by atoms with van der Waals surface area (Å²) in [5.74, 6) is -1.86. The monoisotopic (exact) mass is 416 g/mol. The van der Waals surface area contributed by atoms with Crippen LogP contribution in [-0.2, 0) is 11.2 Å². The Labute approximate surface area is 158 Å². The molecule has 0 saturated carbocycles. The third-order valence-electron chi connectivity index (χ3n) is 4.08. The lowest BCUT2D eigenvalue weighted by molar-refractivity contribution is -0.148. The minimum Gasteiger partial charge on any atom is -0.479 e. The highest BCUT2D eigenvalue weighted by Gasteiger charge is 2.28. The van der Waals surface area contributed by atoms with E-state index in [4.69, 9.17) is 5.11 Å². The standard InChI is InChI=1S/C19H17BrN2O4/c20-13-6-7-14-12(9-13)10-16(21-14)18(24)22-15(17(23)19(25)26)8-11-4-2-1-3-5-11/h1-7,9-10,15,17,21,23H,8H2,(H,22,24)(H,25,26). The molecule has 1 heterocycles. The molecule has 6 nitrogen and oxygen atoms in total. The third kappa shape index (κ3) is 4.12. The Hall–Kier alpha value is -2.64. The maximum absolute atomic E-state index is 12.6. The number of benzene rings is 2. The van der Waals surface area contributed by atoms with E-state index < -0.39 is 24.0 Å². The molecule has 26 heavy (non-hydrogen) atoms. The fourth-order valence-electron chi connectivity index (χ4n) is 2.75. The molecule has 0 saturated heterocycles. The lowest BCUT2D eigenvalue weighted by atomic mass is 10.0. The van der Waals surface area contributed by atoms with Crippen LogP contribution in [0.25, 0.3) is 10.9 Å². The average Bonchev–Trinajstić information content (AvgIpc) is 3.04. The van der Waals surface area contributed by atoms with E-state index in [0.717, 1.165) is 20.9 Å². The van der Waals surface area contributed by atoms with Gasteiger partial charge in [0.2, 0.25) is 0 Å². The molecule has 0 radical (unpaired) electrons. The van der Waals surface area contributed by atoms with Gasteiger partial charge in [0.25, 0.3) is 5.91 Å². The molecule has 0 aliphatic rings. The number of aliphatic hydroxyl groups is 1. The van der Waals surface area contributed by atoms with Gasteiger partial charge < -0.3 is 20.5 Å². The number of carboxylic acid groups (broad SMARTS) is 1. The fraction of sp³-hybridized carbons (Fsp3) is 0.158. The minimum absolute atomic E-state index is 0.200. The molecule has 0 fully saturated rings. The van der Waals surface area contributed by atoms with Gasteiger partial charge in [-0.25, -0.2) is 4.79 Å². The summed E-state index contributed by atoms with van der Waals surface area (Å²) in [5, 5.41) is 22.6. The lowest BCUT2D eigenvalue weighted by Crippen LogP contribution is -2.48. The molecule has 0 spiro atoms. The Balaban J connectivity index is 1.82. The molecule has 134 valence electrons. The van der Waals surface area contributed by atoms with Crippen LogP contribution in [0.2, 0.25) is 0 Å². The van der Waals surface area contributed by atoms with Crippen molar-refractivity contribution in [2.45, 2.75) is 18.6 Å². The molecule has 0 aliphatic heterocycles. The predicted octanol–water partition coefficient (Wildman–Crippen LogP) is 2.72. The fourth-order valence-corrected chi connectivity index (χ4v) is 3.13. The first-order valence-electron chi connectivity index (χ1n) is 7.98. The number of hydrogen-bond acceptors (Lipinski definition) is 3. The van der Waals surface area contributed by atoms with Gasteiger partial charge >= 0.3 is 5.97 Å². The number of fused-ring (bicyclic) bond motifs is 1. The van der Waals surface area contributed by atoms with Gasteiger partial charge in [0.1, 0.15) is 5.69 Å². The molecule has 3 rings (SSSR count). The summed E-state index contributed by atoms with van der Waals surface area (Å²) in [7, 11) is 0. The van der Waals surface area contributed by atoms with Crippen LogP contribution in [0.15, 0.2) is 59.1 Å². The molecule has 2 unspecified atom stereocenters. The number of hydrogen-bond donors (Lipinski definition) is 4. The molecule has 4 N–H and O–H groups in total. The molecule has 2 aromatic carbocycles.